The van der Waals surface area contributed by atoms with E-state index in [1.807, 2.05) is 12.1 Å². The second-order valence-corrected chi connectivity index (χ2v) is 3.02. The van der Waals surface area contributed by atoms with Crippen LogP contribution >= 0.6 is 0 Å². The van der Waals surface area contributed by atoms with Crippen molar-refractivity contribution in [1.82, 2.24) is 0 Å². The maximum absolute atomic E-state index is 10.8. The van der Waals surface area contributed by atoms with Crippen LogP contribution in [0.2, 0.25) is 0 Å². The van der Waals surface area contributed by atoms with Crippen LogP contribution in [0.1, 0.15) is 23.6 Å². The van der Waals surface area contributed by atoms with Gasteiger partial charge in [-0.05, 0) is 30.7 Å². The van der Waals surface area contributed by atoms with Crippen LogP contribution in [0.5, 0.6) is 0 Å². The lowest BCUT2D eigenvalue weighted by Gasteiger charge is -1.99. The molecule has 0 unspecified atom stereocenters. The highest BCUT2D eigenvalue weighted by Crippen LogP contribution is 2.09. The summed E-state index contributed by atoms with van der Waals surface area (Å²) >= 11 is 0. The monoisotopic (exact) mass is 184 g/mol. The number of nitrogens with zero attached hydrogens (tertiary/aromatic N) is 2. The topological polar surface area (TPSA) is 64.7 Å². The van der Waals surface area contributed by atoms with E-state index >= 15 is 0 Å². The Morgan fingerprint density at radius 3 is 2.07 bits per heavy atom. The van der Waals surface area contributed by atoms with Gasteiger partial charge in [-0.1, -0.05) is 0 Å². The van der Waals surface area contributed by atoms with Gasteiger partial charge in [0.15, 0.2) is 0 Å². The summed E-state index contributed by atoms with van der Waals surface area (Å²) in [5.41, 5.74) is 1.55. The van der Waals surface area contributed by atoms with Crippen LogP contribution in [0, 0.1) is 22.7 Å². The fraction of sp³-hybridized carbons (Fsp3) is 0.182. The van der Waals surface area contributed by atoms with E-state index in [4.69, 9.17) is 10.5 Å². The number of carbonyl (C=O) groups excluding carboxylic acids is 1. The van der Waals surface area contributed by atoms with Crippen molar-refractivity contribution >= 4 is 5.78 Å². The normalized spacial score (nSPS) is 8.79. The lowest BCUT2D eigenvalue weighted by Crippen LogP contribution is -1.97. The molecule has 0 bridgehead atoms. The number of carbonyl (C=O) groups is 1. The summed E-state index contributed by atoms with van der Waals surface area (Å²) < 4.78 is 0. The summed E-state index contributed by atoms with van der Waals surface area (Å²) in [5.74, 6) is 0.0176. The number of nitriles is 2. The fourth-order valence-corrected chi connectivity index (χ4v) is 1.21. The van der Waals surface area contributed by atoms with E-state index in [9.17, 15) is 4.79 Å². The Labute approximate surface area is 82.2 Å². The zero-order valence-corrected chi connectivity index (χ0v) is 7.74. The second-order valence-electron chi connectivity index (χ2n) is 3.02. The molecule has 3 nitrogen and oxygen atoms in total. The largest absolute Gasteiger partial charge is 0.300 e. The first-order valence-corrected chi connectivity index (χ1v) is 4.09. The smallest absolute Gasteiger partial charge is 0.134 e. The van der Waals surface area contributed by atoms with Crippen LogP contribution in [0.4, 0.5) is 0 Å². The summed E-state index contributed by atoms with van der Waals surface area (Å²) in [4.78, 5) is 10.8. The van der Waals surface area contributed by atoms with E-state index in [0.717, 1.165) is 0 Å². The molecule has 14 heavy (non-hydrogen) atoms. The van der Waals surface area contributed by atoms with Crippen molar-refractivity contribution in [3.05, 3.63) is 34.9 Å². The third kappa shape index (κ3) is 2.43. The third-order valence-electron chi connectivity index (χ3n) is 1.70. The van der Waals surface area contributed by atoms with Gasteiger partial charge < -0.3 is 0 Å². The summed E-state index contributed by atoms with van der Waals surface area (Å²) in [6, 6.07) is 8.66. The first-order valence-electron chi connectivity index (χ1n) is 4.09. The molecule has 1 rings (SSSR count). The molecule has 0 amide bonds. The molecule has 0 saturated carbocycles. The average molecular weight is 184 g/mol. The molecule has 68 valence electrons. The number of rotatable bonds is 2. The van der Waals surface area contributed by atoms with Crippen molar-refractivity contribution < 1.29 is 4.79 Å². The molecular weight excluding hydrogens is 176 g/mol. The predicted molar refractivity (Wildman–Crippen MR) is 50.3 cm³/mol. The van der Waals surface area contributed by atoms with E-state index in [-0.39, 0.29) is 12.2 Å². The fourth-order valence-electron chi connectivity index (χ4n) is 1.21. The van der Waals surface area contributed by atoms with Crippen molar-refractivity contribution in [2.45, 2.75) is 13.3 Å². The van der Waals surface area contributed by atoms with Crippen LogP contribution in [0.15, 0.2) is 18.2 Å². The molecule has 0 aliphatic carbocycles. The van der Waals surface area contributed by atoms with Crippen molar-refractivity contribution in [2.75, 3.05) is 0 Å². The van der Waals surface area contributed by atoms with Crippen molar-refractivity contribution in [3.8, 4) is 12.1 Å². The molecule has 0 N–H and O–H groups in total. The molecule has 0 aromatic heterocycles. The van der Waals surface area contributed by atoms with E-state index < -0.39 is 0 Å². The highest BCUT2D eigenvalue weighted by molar-refractivity contribution is 5.78. The summed E-state index contributed by atoms with van der Waals surface area (Å²) in [6.07, 6.45) is 0.268. The van der Waals surface area contributed by atoms with Gasteiger partial charge in [-0.2, -0.15) is 10.5 Å². The van der Waals surface area contributed by atoms with Gasteiger partial charge in [-0.25, -0.2) is 0 Å². The first-order chi connectivity index (χ1) is 6.65. The number of ketones is 1. The Hall–Kier alpha value is -2.13. The van der Waals surface area contributed by atoms with Crippen molar-refractivity contribution in [1.29, 1.82) is 10.5 Å². The SMILES string of the molecule is CC(=O)Cc1cc(C#N)cc(C#N)c1. The molecule has 0 aliphatic rings. The number of hydrogen-bond donors (Lipinski definition) is 0. The van der Waals surface area contributed by atoms with Crippen LogP contribution in [-0.2, 0) is 11.2 Å². The molecule has 0 aliphatic heterocycles. The Balaban J connectivity index is 3.14. The molecular formula is C11H8N2O. The molecule has 3 heteroatoms. The van der Waals surface area contributed by atoms with Gasteiger partial charge in [-0.3, -0.25) is 4.79 Å². The molecule has 1 aromatic rings. The minimum Gasteiger partial charge on any atom is -0.300 e. The van der Waals surface area contributed by atoms with Crippen molar-refractivity contribution in [2.24, 2.45) is 0 Å². The minimum absolute atomic E-state index is 0.0176. The summed E-state index contributed by atoms with van der Waals surface area (Å²) in [6.45, 7) is 1.48. The van der Waals surface area contributed by atoms with Crippen LogP contribution in [0.3, 0.4) is 0 Å². The Morgan fingerprint density at radius 2 is 1.71 bits per heavy atom. The van der Waals surface area contributed by atoms with Gasteiger partial charge in [-0.15, -0.1) is 0 Å². The first kappa shape index (κ1) is 9.95. The predicted octanol–water partition coefficient (Wildman–Crippen LogP) is 1.56. The van der Waals surface area contributed by atoms with Crippen LogP contribution < -0.4 is 0 Å². The van der Waals surface area contributed by atoms with Gasteiger partial charge in [0.05, 0.1) is 23.3 Å². The molecule has 1 aromatic carbocycles. The number of Topliss-reactive ketones (excluding diaryl/α,β-unsaturated/α-hetero) is 1. The Kier molecular flexibility index (Phi) is 2.99. The van der Waals surface area contributed by atoms with E-state index in [1.54, 1.807) is 12.1 Å². The average Bonchev–Trinajstić information content (AvgIpc) is 2.16. The molecule has 0 atom stereocenters. The highest BCUT2D eigenvalue weighted by atomic mass is 16.1. The Morgan fingerprint density at radius 1 is 1.21 bits per heavy atom. The zero-order chi connectivity index (χ0) is 10.6. The highest BCUT2D eigenvalue weighted by Gasteiger charge is 2.02. The molecule has 0 fully saturated rings. The second kappa shape index (κ2) is 4.20. The molecule has 0 saturated heterocycles. The van der Waals surface area contributed by atoms with Gasteiger partial charge in [0.2, 0.25) is 0 Å². The minimum atomic E-state index is 0.0176. The van der Waals surface area contributed by atoms with Gasteiger partial charge in [0.25, 0.3) is 0 Å². The lowest BCUT2D eigenvalue weighted by molar-refractivity contribution is -0.116. The van der Waals surface area contributed by atoms with Crippen LogP contribution in [0.25, 0.3) is 0 Å². The number of benzene rings is 1. The third-order valence-corrected chi connectivity index (χ3v) is 1.70. The Bertz CT molecular complexity index is 417. The van der Waals surface area contributed by atoms with E-state index in [2.05, 4.69) is 0 Å². The van der Waals surface area contributed by atoms with Crippen molar-refractivity contribution in [3.63, 3.8) is 0 Å². The van der Waals surface area contributed by atoms with E-state index in [0.29, 0.717) is 16.7 Å². The summed E-state index contributed by atoms with van der Waals surface area (Å²) in [7, 11) is 0. The molecule has 0 spiro atoms. The van der Waals surface area contributed by atoms with Gasteiger partial charge in [0.1, 0.15) is 5.78 Å². The van der Waals surface area contributed by atoms with Gasteiger partial charge >= 0.3 is 0 Å². The van der Waals surface area contributed by atoms with E-state index in [1.165, 1.54) is 13.0 Å². The molecule has 0 heterocycles. The van der Waals surface area contributed by atoms with Crippen LogP contribution in [-0.4, -0.2) is 5.78 Å². The maximum Gasteiger partial charge on any atom is 0.134 e. The maximum atomic E-state index is 10.8. The van der Waals surface area contributed by atoms with Gasteiger partial charge in [0, 0.05) is 6.42 Å². The quantitative estimate of drug-likeness (QED) is 0.700. The zero-order valence-electron chi connectivity index (χ0n) is 7.74. The standard InChI is InChI=1S/C11H8N2O/c1-8(14)2-9-3-10(6-12)5-11(4-9)7-13/h3-5H,2H2,1H3. The summed E-state index contributed by atoms with van der Waals surface area (Å²) in [5, 5.41) is 17.3. The number of hydrogen-bond acceptors (Lipinski definition) is 3. The lowest BCUT2D eigenvalue weighted by atomic mass is 10.0. The molecule has 0 radical (unpaired) electrons.